The van der Waals surface area contributed by atoms with Gasteiger partial charge in [-0.05, 0) is 38.3 Å². The van der Waals surface area contributed by atoms with Gasteiger partial charge in [0.2, 0.25) is 0 Å². The number of rotatable bonds is 9. The fourth-order valence-corrected chi connectivity index (χ4v) is 5.88. The summed E-state index contributed by atoms with van der Waals surface area (Å²) in [6, 6.07) is 0. The van der Waals surface area contributed by atoms with Crippen molar-refractivity contribution in [2.24, 2.45) is 11.7 Å². The fraction of sp³-hybridized carbons (Fsp3) is 1.00. The smallest absolute Gasteiger partial charge is 0.166 e. The highest BCUT2D eigenvalue weighted by Gasteiger charge is 2.32. The summed E-state index contributed by atoms with van der Waals surface area (Å²) in [5.41, 5.74) is 5.62. The van der Waals surface area contributed by atoms with E-state index < -0.39 is 9.84 Å². The van der Waals surface area contributed by atoms with Crippen molar-refractivity contribution in [1.82, 2.24) is 4.90 Å². The Labute approximate surface area is 128 Å². The molecule has 0 saturated carbocycles. The molecule has 1 fully saturated rings. The van der Waals surface area contributed by atoms with Crippen LogP contribution in [-0.4, -0.2) is 55.6 Å². The molecule has 0 aromatic heterocycles. The van der Waals surface area contributed by atoms with Gasteiger partial charge in [-0.1, -0.05) is 20.3 Å². The quantitative estimate of drug-likeness (QED) is 0.703. The Morgan fingerprint density at radius 1 is 1.35 bits per heavy atom. The molecule has 0 aromatic rings. The molecule has 4 nitrogen and oxygen atoms in total. The second-order valence-electron chi connectivity index (χ2n) is 5.51. The predicted molar refractivity (Wildman–Crippen MR) is 88.8 cm³/mol. The lowest BCUT2D eigenvalue weighted by atomic mass is 9.96. The molecule has 1 aliphatic heterocycles. The van der Waals surface area contributed by atoms with Crippen molar-refractivity contribution in [2.45, 2.75) is 44.9 Å². The molecule has 2 unspecified atom stereocenters. The summed E-state index contributed by atoms with van der Waals surface area (Å²) in [5, 5.41) is -0.263. The van der Waals surface area contributed by atoms with Crippen molar-refractivity contribution in [1.29, 1.82) is 0 Å². The molecule has 6 heteroatoms. The Morgan fingerprint density at radius 2 is 2.10 bits per heavy atom. The van der Waals surface area contributed by atoms with Gasteiger partial charge in [-0.2, -0.15) is 11.8 Å². The van der Waals surface area contributed by atoms with E-state index in [9.17, 15) is 8.42 Å². The molecule has 20 heavy (non-hydrogen) atoms. The second-order valence-corrected chi connectivity index (χ2v) is 9.11. The van der Waals surface area contributed by atoms with E-state index in [1.807, 2.05) is 0 Å². The van der Waals surface area contributed by atoms with Crippen LogP contribution >= 0.6 is 11.8 Å². The van der Waals surface area contributed by atoms with Crippen LogP contribution in [0.1, 0.15) is 39.5 Å². The summed E-state index contributed by atoms with van der Waals surface area (Å²) < 4.78 is 24.3. The molecule has 0 radical (unpaired) electrons. The highest BCUT2D eigenvalue weighted by molar-refractivity contribution is 8.01. The summed E-state index contributed by atoms with van der Waals surface area (Å²) in [6.07, 6.45) is 4.50. The molecular formula is C14H30N2O2S2. The maximum atomic E-state index is 12.1. The Balaban J connectivity index is 2.47. The highest BCUT2D eigenvalue weighted by Crippen LogP contribution is 2.23. The number of sulfone groups is 1. The van der Waals surface area contributed by atoms with Gasteiger partial charge in [0, 0.05) is 23.8 Å². The SMILES string of the molecule is CCC(CCN)CCCN1CCSCC1S(=O)(=O)CC. The van der Waals surface area contributed by atoms with Crippen LogP contribution in [0.3, 0.4) is 0 Å². The summed E-state index contributed by atoms with van der Waals surface area (Å²) >= 11 is 1.76. The van der Waals surface area contributed by atoms with Gasteiger partial charge in [-0.15, -0.1) is 0 Å². The monoisotopic (exact) mass is 322 g/mol. The van der Waals surface area contributed by atoms with Gasteiger partial charge in [-0.3, -0.25) is 4.90 Å². The van der Waals surface area contributed by atoms with Crippen LogP contribution in [0, 0.1) is 5.92 Å². The molecule has 2 N–H and O–H groups in total. The molecule has 0 bridgehead atoms. The Hall–Kier alpha value is 0.220. The maximum absolute atomic E-state index is 12.1. The molecule has 2 atom stereocenters. The molecular weight excluding hydrogens is 292 g/mol. The van der Waals surface area contributed by atoms with Crippen molar-refractivity contribution in [2.75, 3.05) is 36.9 Å². The lowest BCUT2D eigenvalue weighted by molar-refractivity contribution is 0.254. The van der Waals surface area contributed by atoms with E-state index >= 15 is 0 Å². The topological polar surface area (TPSA) is 63.4 Å². The van der Waals surface area contributed by atoms with Crippen LogP contribution in [-0.2, 0) is 9.84 Å². The number of nitrogens with zero attached hydrogens (tertiary/aromatic N) is 1. The Bertz CT molecular complexity index is 360. The van der Waals surface area contributed by atoms with Gasteiger partial charge in [0.25, 0.3) is 0 Å². The minimum Gasteiger partial charge on any atom is -0.330 e. The van der Waals surface area contributed by atoms with E-state index in [0.717, 1.165) is 50.4 Å². The number of hydrogen-bond acceptors (Lipinski definition) is 5. The zero-order valence-electron chi connectivity index (χ0n) is 12.9. The normalized spacial score (nSPS) is 22.9. The molecule has 120 valence electrons. The first-order valence-electron chi connectivity index (χ1n) is 7.78. The maximum Gasteiger partial charge on any atom is 0.166 e. The molecule has 0 spiro atoms. The second kappa shape index (κ2) is 9.28. The average molecular weight is 323 g/mol. The van der Waals surface area contributed by atoms with E-state index in [2.05, 4.69) is 11.8 Å². The summed E-state index contributed by atoms with van der Waals surface area (Å²) in [6.45, 7) is 6.53. The minimum atomic E-state index is -2.95. The van der Waals surface area contributed by atoms with E-state index in [4.69, 9.17) is 5.73 Å². The summed E-state index contributed by atoms with van der Waals surface area (Å²) in [7, 11) is -2.95. The molecule has 1 saturated heterocycles. The van der Waals surface area contributed by atoms with Crippen molar-refractivity contribution >= 4 is 21.6 Å². The number of nitrogens with two attached hydrogens (primary N) is 1. The van der Waals surface area contributed by atoms with Crippen molar-refractivity contribution in [3.05, 3.63) is 0 Å². The van der Waals surface area contributed by atoms with E-state index in [-0.39, 0.29) is 11.1 Å². The third-order valence-corrected chi connectivity index (χ3v) is 7.55. The minimum absolute atomic E-state index is 0.249. The zero-order chi connectivity index (χ0) is 15.0. The fourth-order valence-electron chi connectivity index (χ4n) is 2.77. The van der Waals surface area contributed by atoms with Crippen LogP contribution in [0.5, 0.6) is 0 Å². The molecule has 1 heterocycles. The molecule has 1 rings (SSSR count). The van der Waals surface area contributed by atoms with Gasteiger partial charge in [0.1, 0.15) is 5.37 Å². The van der Waals surface area contributed by atoms with Gasteiger partial charge < -0.3 is 5.73 Å². The van der Waals surface area contributed by atoms with Crippen molar-refractivity contribution < 1.29 is 8.42 Å². The summed E-state index contributed by atoms with van der Waals surface area (Å²) in [4.78, 5) is 2.19. The molecule has 0 aliphatic carbocycles. The Kier molecular flexibility index (Phi) is 8.48. The lowest BCUT2D eigenvalue weighted by Gasteiger charge is -2.34. The molecule has 1 aliphatic rings. The standard InChI is InChI=1S/C14H30N2O2S2/c1-3-13(7-8-15)6-5-9-16-10-11-19-12-14(16)20(17,18)4-2/h13-14H,3-12,15H2,1-2H3. The largest absolute Gasteiger partial charge is 0.330 e. The first-order valence-corrected chi connectivity index (χ1v) is 10.7. The molecule has 0 amide bonds. The van der Waals surface area contributed by atoms with E-state index in [1.54, 1.807) is 18.7 Å². The van der Waals surface area contributed by atoms with Crippen LogP contribution in [0.4, 0.5) is 0 Å². The predicted octanol–water partition coefficient (Wildman–Crippen LogP) is 1.95. The highest BCUT2D eigenvalue weighted by atomic mass is 32.2. The van der Waals surface area contributed by atoms with Crippen LogP contribution in [0.2, 0.25) is 0 Å². The first-order chi connectivity index (χ1) is 9.55. The van der Waals surface area contributed by atoms with Crippen LogP contribution < -0.4 is 5.73 Å². The van der Waals surface area contributed by atoms with Crippen LogP contribution in [0.15, 0.2) is 0 Å². The van der Waals surface area contributed by atoms with E-state index in [1.165, 1.54) is 6.42 Å². The van der Waals surface area contributed by atoms with Crippen molar-refractivity contribution in [3.8, 4) is 0 Å². The summed E-state index contributed by atoms with van der Waals surface area (Å²) in [5.74, 6) is 2.73. The van der Waals surface area contributed by atoms with Crippen LogP contribution in [0.25, 0.3) is 0 Å². The van der Waals surface area contributed by atoms with Gasteiger partial charge in [-0.25, -0.2) is 8.42 Å². The molecule has 0 aromatic carbocycles. The first kappa shape index (κ1) is 18.3. The van der Waals surface area contributed by atoms with Gasteiger partial charge >= 0.3 is 0 Å². The lowest BCUT2D eigenvalue weighted by Crippen LogP contribution is -2.48. The number of thioether (sulfide) groups is 1. The third kappa shape index (κ3) is 5.54. The van der Waals surface area contributed by atoms with E-state index in [0.29, 0.717) is 5.92 Å². The zero-order valence-corrected chi connectivity index (χ0v) is 14.5. The van der Waals surface area contributed by atoms with Crippen molar-refractivity contribution in [3.63, 3.8) is 0 Å². The third-order valence-electron chi connectivity index (χ3n) is 4.22. The van der Waals surface area contributed by atoms with Gasteiger partial charge in [0.05, 0.1) is 0 Å². The average Bonchev–Trinajstić information content (AvgIpc) is 2.46. The Morgan fingerprint density at radius 3 is 2.70 bits per heavy atom. The van der Waals surface area contributed by atoms with Gasteiger partial charge in [0.15, 0.2) is 9.84 Å². The number of hydrogen-bond donors (Lipinski definition) is 1.